The smallest absolute Gasteiger partial charge is 0.321 e. The summed E-state index contributed by atoms with van der Waals surface area (Å²) in [6, 6.07) is 8.62. The molecule has 0 radical (unpaired) electrons. The Morgan fingerprint density at radius 3 is 2.48 bits per heavy atom. The molecule has 146 valence electrons. The highest BCUT2D eigenvalue weighted by atomic mass is 16.5. The maximum atomic E-state index is 12.3. The lowest BCUT2D eigenvalue weighted by molar-refractivity contribution is -0.152. The van der Waals surface area contributed by atoms with Crippen LogP contribution in [0.2, 0.25) is 0 Å². The van der Waals surface area contributed by atoms with Crippen molar-refractivity contribution < 1.29 is 23.9 Å². The summed E-state index contributed by atoms with van der Waals surface area (Å²) < 4.78 is 4.97. The van der Waals surface area contributed by atoms with Gasteiger partial charge in [-0.1, -0.05) is 30.3 Å². The number of nitrogens with one attached hydrogen (secondary N) is 2. The normalized spacial score (nSPS) is 17.6. The highest BCUT2D eigenvalue weighted by molar-refractivity contribution is 5.96. The summed E-state index contributed by atoms with van der Waals surface area (Å²) in [6.45, 7) is 5.08. The van der Waals surface area contributed by atoms with Gasteiger partial charge in [0.1, 0.15) is 0 Å². The lowest BCUT2D eigenvalue weighted by atomic mass is 10.1. The van der Waals surface area contributed by atoms with Gasteiger partial charge in [-0.25, -0.2) is 4.79 Å². The van der Waals surface area contributed by atoms with E-state index >= 15 is 0 Å². The van der Waals surface area contributed by atoms with Gasteiger partial charge >= 0.3 is 12.0 Å². The second kappa shape index (κ2) is 9.16. The van der Waals surface area contributed by atoms with Gasteiger partial charge in [-0.2, -0.15) is 0 Å². The van der Waals surface area contributed by atoms with Crippen molar-refractivity contribution in [2.75, 3.05) is 13.2 Å². The highest BCUT2D eigenvalue weighted by Gasteiger charge is 2.38. The van der Waals surface area contributed by atoms with Crippen molar-refractivity contribution in [2.45, 2.75) is 39.3 Å². The number of nitrogens with zero attached hydrogens (tertiary/aromatic N) is 1. The molecule has 1 aromatic rings. The predicted molar refractivity (Wildman–Crippen MR) is 97.4 cm³/mol. The van der Waals surface area contributed by atoms with Gasteiger partial charge in [-0.3, -0.25) is 19.7 Å². The SMILES string of the molecule is CC(C)NC(=O)NC(=O)COC(=O)[C@H]1CC(=O)N([C@H](C)c2ccccc2)C1. The Hall–Kier alpha value is -2.90. The van der Waals surface area contributed by atoms with Crippen LogP contribution in [0.3, 0.4) is 0 Å². The van der Waals surface area contributed by atoms with Gasteiger partial charge in [-0.15, -0.1) is 0 Å². The van der Waals surface area contributed by atoms with Crippen molar-refractivity contribution in [1.29, 1.82) is 0 Å². The van der Waals surface area contributed by atoms with Gasteiger partial charge in [0.15, 0.2) is 6.61 Å². The Balaban J connectivity index is 1.83. The van der Waals surface area contributed by atoms with Gasteiger partial charge < -0.3 is 15.0 Å². The van der Waals surface area contributed by atoms with Crippen LogP contribution in [-0.2, 0) is 19.1 Å². The molecule has 0 saturated carbocycles. The number of urea groups is 1. The fourth-order valence-corrected chi connectivity index (χ4v) is 2.89. The summed E-state index contributed by atoms with van der Waals surface area (Å²) in [7, 11) is 0. The summed E-state index contributed by atoms with van der Waals surface area (Å²) in [5.41, 5.74) is 0.982. The molecule has 1 heterocycles. The Morgan fingerprint density at radius 1 is 1.19 bits per heavy atom. The molecule has 27 heavy (non-hydrogen) atoms. The van der Waals surface area contributed by atoms with E-state index in [0.29, 0.717) is 0 Å². The zero-order valence-electron chi connectivity index (χ0n) is 15.7. The number of carbonyl (C=O) groups excluding carboxylic acids is 4. The Kier molecular flexibility index (Phi) is 6.92. The van der Waals surface area contributed by atoms with Crippen LogP contribution in [0.5, 0.6) is 0 Å². The molecule has 8 heteroatoms. The van der Waals surface area contributed by atoms with E-state index in [-0.39, 0.29) is 31.0 Å². The molecule has 2 rings (SSSR count). The number of amides is 4. The second-order valence-corrected chi connectivity index (χ2v) is 6.82. The van der Waals surface area contributed by atoms with Crippen molar-refractivity contribution >= 4 is 23.8 Å². The number of ether oxygens (including phenoxy) is 1. The molecule has 1 aliphatic rings. The minimum Gasteiger partial charge on any atom is -0.455 e. The first-order chi connectivity index (χ1) is 12.8. The van der Waals surface area contributed by atoms with E-state index in [1.807, 2.05) is 37.3 Å². The zero-order valence-corrected chi connectivity index (χ0v) is 15.7. The monoisotopic (exact) mass is 375 g/mol. The molecular weight excluding hydrogens is 350 g/mol. The Morgan fingerprint density at radius 2 is 1.85 bits per heavy atom. The number of rotatable bonds is 6. The average Bonchev–Trinajstić information content (AvgIpc) is 3.00. The molecular formula is C19H25N3O5. The van der Waals surface area contributed by atoms with Gasteiger partial charge in [0.05, 0.1) is 12.0 Å². The van der Waals surface area contributed by atoms with Crippen LogP contribution in [0, 0.1) is 5.92 Å². The summed E-state index contributed by atoms with van der Waals surface area (Å²) in [5.74, 6) is -2.10. The zero-order chi connectivity index (χ0) is 20.0. The van der Waals surface area contributed by atoms with E-state index in [9.17, 15) is 19.2 Å². The first-order valence-electron chi connectivity index (χ1n) is 8.89. The molecule has 1 aliphatic heterocycles. The van der Waals surface area contributed by atoms with Gasteiger partial charge in [0.2, 0.25) is 5.91 Å². The number of likely N-dealkylation sites (tertiary alicyclic amines) is 1. The molecule has 2 atom stereocenters. The largest absolute Gasteiger partial charge is 0.455 e. The summed E-state index contributed by atoms with van der Waals surface area (Å²) in [5, 5.41) is 4.56. The van der Waals surface area contributed by atoms with Crippen LogP contribution in [0.4, 0.5) is 4.79 Å². The number of imide groups is 1. The van der Waals surface area contributed by atoms with Crippen LogP contribution >= 0.6 is 0 Å². The minimum absolute atomic E-state index is 0.0471. The third-order valence-corrected chi connectivity index (χ3v) is 4.26. The van der Waals surface area contributed by atoms with E-state index in [4.69, 9.17) is 4.74 Å². The highest BCUT2D eigenvalue weighted by Crippen LogP contribution is 2.28. The molecule has 1 saturated heterocycles. The predicted octanol–water partition coefficient (Wildman–Crippen LogP) is 1.37. The molecule has 1 fully saturated rings. The van der Waals surface area contributed by atoms with Crippen molar-refractivity contribution in [2.24, 2.45) is 5.92 Å². The van der Waals surface area contributed by atoms with E-state index in [0.717, 1.165) is 5.56 Å². The van der Waals surface area contributed by atoms with Crippen molar-refractivity contribution in [3.05, 3.63) is 35.9 Å². The standard InChI is InChI=1S/C19H25N3O5/c1-12(2)20-19(26)21-16(23)11-27-18(25)15-9-17(24)22(10-15)13(3)14-7-5-4-6-8-14/h4-8,12-13,15H,9-11H2,1-3H3,(H2,20,21,23,26)/t13-,15+/m1/s1. The van der Waals surface area contributed by atoms with Gasteiger partial charge in [0.25, 0.3) is 5.91 Å². The first-order valence-corrected chi connectivity index (χ1v) is 8.89. The third kappa shape index (κ3) is 5.80. The van der Waals surface area contributed by atoms with Crippen LogP contribution in [0.25, 0.3) is 0 Å². The molecule has 1 aromatic carbocycles. The van der Waals surface area contributed by atoms with Crippen molar-refractivity contribution in [3.8, 4) is 0 Å². The quantitative estimate of drug-likeness (QED) is 0.731. The summed E-state index contributed by atoms with van der Waals surface area (Å²) in [4.78, 5) is 49.2. The maximum absolute atomic E-state index is 12.3. The van der Waals surface area contributed by atoms with Gasteiger partial charge in [-0.05, 0) is 26.3 Å². The number of esters is 1. The van der Waals surface area contributed by atoms with E-state index in [2.05, 4.69) is 10.6 Å². The summed E-state index contributed by atoms with van der Waals surface area (Å²) >= 11 is 0. The van der Waals surface area contributed by atoms with E-state index in [1.165, 1.54) is 0 Å². The van der Waals surface area contributed by atoms with Crippen LogP contribution in [0.1, 0.15) is 38.8 Å². The fourth-order valence-electron chi connectivity index (χ4n) is 2.89. The second-order valence-electron chi connectivity index (χ2n) is 6.82. The molecule has 0 spiro atoms. The van der Waals surface area contributed by atoms with Crippen LogP contribution < -0.4 is 10.6 Å². The molecule has 0 unspecified atom stereocenters. The Bertz CT molecular complexity index is 705. The topological polar surface area (TPSA) is 105 Å². The fraction of sp³-hybridized carbons (Fsp3) is 0.474. The lowest BCUT2D eigenvalue weighted by Gasteiger charge is -2.25. The minimum atomic E-state index is -0.722. The van der Waals surface area contributed by atoms with Crippen LogP contribution in [-0.4, -0.2) is 47.9 Å². The molecule has 4 amide bonds. The molecule has 8 nitrogen and oxygen atoms in total. The molecule has 0 aromatic heterocycles. The van der Waals surface area contributed by atoms with E-state index < -0.39 is 30.4 Å². The van der Waals surface area contributed by atoms with Crippen LogP contribution in [0.15, 0.2) is 30.3 Å². The first kappa shape index (κ1) is 20.4. The Labute approximate surface area is 158 Å². The number of benzene rings is 1. The van der Waals surface area contributed by atoms with Crippen molar-refractivity contribution in [1.82, 2.24) is 15.5 Å². The molecule has 0 bridgehead atoms. The number of hydrogen-bond acceptors (Lipinski definition) is 5. The lowest BCUT2D eigenvalue weighted by Crippen LogP contribution is -2.44. The molecule has 2 N–H and O–H groups in total. The maximum Gasteiger partial charge on any atom is 0.321 e. The molecule has 0 aliphatic carbocycles. The average molecular weight is 375 g/mol. The number of carbonyl (C=O) groups is 4. The number of hydrogen-bond donors (Lipinski definition) is 2. The summed E-state index contributed by atoms with van der Waals surface area (Å²) in [6.07, 6.45) is 0.0471. The van der Waals surface area contributed by atoms with E-state index in [1.54, 1.807) is 18.7 Å². The third-order valence-electron chi connectivity index (χ3n) is 4.26. The van der Waals surface area contributed by atoms with Crippen molar-refractivity contribution in [3.63, 3.8) is 0 Å². The van der Waals surface area contributed by atoms with Gasteiger partial charge in [0, 0.05) is 19.0 Å².